The lowest BCUT2D eigenvalue weighted by Crippen LogP contribution is -2.16. The molecule has 2 heteroatoms. The first-order valence-electron chi connectivity index (χ1n) is 17.1. The minimum atomic E-state index is -0.0548. The van der Waals surface area contributed by atoms with E-state index in [1.165, 1.54) is 66.9 Å². The van der Waals surface area contributed by atoms with Gasteiger partial charge in [0.2, 0.25) is 0 Å². The van der Waals surface area contributed by atoms with Crippen LogP contribution in [0.2, 0.25) is 0 Å². The molecule has 0 saturated carbocycles. The predicted octanol–water partition coefficient (Wildman–Crippen LogP) is 12.5. The Bertz CT molecular complexity index is 2340. The second-order valence-corrected chi connectivity index (χ2v) is 13.9. The zero-order valence-electron chi connectivity index (χ0n) is 27.7. The number of rotatable bonds is 5. The zero-order chi connectivity index (χ0) is 32.4. The van der Waals surface area contributed by atoms with Crippen LogP contribution in [0.5, 0.6) is 0 Å². The molecule has 9 rings (SSSR count). The van der Waals surface area contributed by atoms with Gasteiger partial charge in [0.15, 0.2) is 0 Å². The van der Waals surface area contributed by atoms with E-state index in [4.69, 9.17) is 0 Å². The van der Waals surface area contributed by atoms with Crippen molar-refractivity contribution in [3.05, 3.63) is 180 Å². The van der Waals surface area contributed by atoms with Gasteiger partial charge in [0.1, 0.15) is 0 Å². The van der Waals surface area contributed by atoms with E-state index in [1.54, 1.807) is 0 Å². The van der Waals surface area contributed by atoms with Crippen molar-refractivity contribution in [3.8, 4) is 16.8 Å². The Morgan fingerprint density at radius 1 is 0.604 bits per heavy atom. The molecule has 0 bridgehead atoms. The molecule has 1 unspecified atom stereocenters. The summed E-state index contributed by atoms with van der Waals surface area (Å²) in [6.45, 7) is 7.08. The molecule has 1 aromatic heterocycles. The van der Waals surface area contributed by atoms with Gasteiger partial charge in [-0.2, -0.15) is 0 Å². The number of para-hydroxylation sites is 3. The summed E-state index contributed by atoms with van der Waals surface area (Å²) in [5.74, 6) is 0.381. The van der Waals surface area contributed by atoms with Crippen LogP contribution >= 0.6 is 0 Å². The van der Waals surface area contributed by atoms with Crippen LogP contribution in [0.3, 0.4) is 0 Å². The summed E-state index contributed by atoms with van der Waals surface area (Å²) in [6, 6.07) is 55.5. The molecule has 1 heterocycles. The van der Waals surface area contributed by atoms with Gasteiger partial charge >= 0.3 is 0 Å². The molecule has 2 aliphatic carbocycles. The van der Waals surface area contributed by atoms with Gasteiger partial charge in [-0.05, 0) is 100 Å². The standard InChI is InChI=1S/C46H38N2/c1-31-28-33(29-41-40-19-11-13-21-44(40)48(45(31)41)35-16-8-5-9-17-35)32-22-24-36(25-23-32)47(34-14-6-4-7-15-34)37-26-27-39-38-18-10-12-20-42(38)46(2,3)43(39)30-37/h4-27,29-31H,28H2,1-3H3. The number of aromatic nitrogens is 1. The molecule has 0 amide bonds. The predicted molar refractivity (Wildman–Crippen MR) is 203 cm³/mol. The fourth-order valence-corrected chi connectivity index (χ4v) is 8.32. The Labute approximate surface area is 283 Å². The summed E-state index contributed by atoms with van der Waals surface area (Å²) in [5, 5.41) is 1.31. The van der Waals surface area contributed by atoms with E-state index in [2.05, 4.69) is 188 Å². The Morgan fingerprint density at radius 2 is 1.23 bits per heavy atom. The highest BCUT2D eigenvalue weighted by Crippen LogP contribution is 2.51. The maximum Gasteiger partial charge on any atom is 0.0537 e. The summed E-state index contributed by atoms with van der Waals surface area (Å²) in [7, 11) is 0. The molecule has 48 heavy (non-hydrogen) atoms. The van der Waals surface area contributed by atoms with Gasteiger partial charge in [0.25, 0.3) is 0 Å². The summed E-state index contributed by atoms with van der Waals surface area (Å²) in [5.41, 5.74) is 16.8. The number of hydrogen-bond donors (Lipinski definition) is 0. The van der Waals surface area contributed by atoms with Crippen molar-refractivity contribution < 1.29 is 0 Å². The highest BCUT2D eigenvalue weighted by atomic mass is 15.1. The number of hydrogen-bond acceptors (Lipinski definition) is 1. The normalized spacial score (nSPS) is 15.8. The van der Waals surface area contributed by atoms with Crippen molar-refractivity contribution >= 4 is 39.6 Å². The van der Waals surface area contributed by atoms with Gasteiger partial charge in [-0.1, -0.05) is 118 Å². The van der Waals surface area contributed by atoms with Crippen LogP contribution in [0.1, 0.15) is 61.1 Å². The molecule has 7 aromatic rings. The summed E-state index contributed by atoms with van der Waals surface area (Å²) < 4.78 is 2.47. The number of allylic oxidation sites excluding steroid dienone is 1. The summed E-state index contributed by atoms with van der Waals surface area (Å²) in [4.78, 5) is 2.40. The minimum absolute atomic E-state index is 0.0548. The van der Waals surface area contributed by atoms with Gasteiger partial charge in [-0.15, -0.1) is 0 Å². The Morgan fingerprint density at radius 3 is 2.02 bits per heavy atom. The molecule has 0 N–H and O–H groups in total. The molecule has 0 saturated heterocycles. The minimum Gasteiger partial charge on any atom is -0.313 e. The van der Waals surface area contributed by atoms with Crippen LogP contribution < -0.4 is 4.90 Å². The second-order valence-electron chi connectivity index (χ2n) is 13.9. The van der Waals surface area contributed by atoms with Crippen molar-refractivity contribution in [2.45, 2.75) is 38.5 Å². The van der Waals surface area contributed by atoms with Gasteiger partial charge in [-0.25, -0.2) is 0 Å². The van der Waals surface area contributed by atoms with Crippen LogP contribution in [-0.4, -0.2) is 4.57 Å². The van der Waals surface area contributed by atoms with Crippen LogP contribution in [-0.2, 0) is 5.41 Å². The smallest absolute Gasteiger partial charge is 0.0537 e. The third-order valence-electron chi connectivity index (χ3n) is 10.6. The SMILES string of the molecule is CC1CC(c2ccc(N(c3ccccc3)c3ccc4c(c3)C(C)(C)c3ccccc3-4)cc2)=Cc2c1n(-c1ccccc1)c1ccccc21. The number of benzene rings is 6. The van der Waals surface area contributed by atoms with Gasteiger partial charge in [-0.3, -0.25) is 0 Å². The van der Waals surface area contributed by atoms with E-state index in [-0.39, 0.29) is 5.41 Å². The molecular weight excluding hydrogens is 581 g/mol. The zero-order valence-corrected chi connectivity index (χ0v) is 27.7. The molecule has 0 aliphatic heterocycles. The molecule has 6 aromatic carbocycles. The van der Waals surface area contributed by atoms with Crippen molar-refractivity contribution in [2.75, 3.05) is 4.90 Å². The van der Waals surface area contributed by atoms with E-state index in [0.29, 0.717) is 5.92 Å². The van der Waals surface area contributed by atoms with E-state index >= 15 is 0 Å². The molecule has 1 atom stereocenters. The van der Waals surface area contributed by atoms with E-state index in [1.807, 2.05) is 0 Å². The third kappa shape index (κ3) is 4.40. The molecule has 0 spiro atoms. The molecule has 0 fully saturated rings. The van der Waals surface area contributed by atoms with Gasteiger partial charge in [0.05, 0.1) is 5.52 Å². The maximum absolute atomic E-state index is 2.47. The first-order valence-corrected chi connectivity index (χ1v) is 17.1. The lowest BCUT2D eigenvalue weighted by Gasteiger charge is -2.28. The van der Waals surface area contributed by atoms with E-state index in [9.17, 15) is 0 Å². The second kappa shape index (κ2) is 11.0. The topological polar surface area (TPSA) is 8.17 Å². The fourth-order valence-electron chi connectivity index (χ4n) is 8.32. The largest absolute Gasteiger partial charge is 0.313 e. The first kappa shape index (κ1) is 28.6. The average molecular weight is 619 g/mol. The van der Waals surface area contributed by atoms with Crippen LogP contribution in [0, 0.1) is 0 Å². The molecular formula is C46H38N2. The van der Waals surface area contributed by atoms with E-state index < -0.39 is 0 Å². The van der Waals surface area contributed by atoms with Crippen LogP contribution in [0.15, 0.2) is 152 Å². The van der Waals surface area contributed by atoms with Crippen LogP contribution in [0.4, 0.5) is 17.1 Å². The van der Waals surface area contributed by atoms with Crippen LogP contribution in [0.25, 0.3) is 39.4 Å². The Kier molecular flexibility index (Phi) is 6.55. The first-order chi connectivity index (χ1) is 23.5. The highest BCUT2D eigenvalue weighted by molar-refractivity contribution is 5.99. The molecule has 0 radical (unpaired) electrons. The molecule has 2 aliphatic rings. The third-order valence-corrected chi connectivity index (χ3v) is 10.6. The Balaban J connectivity index is 1.12. The average Bonchev–Trinajstić information content (AvgIpc) is 3.59. The fraction of sp³-hybridized carbons (Fsp3) is 0.130. The van der Waals surface area contributed by atoms with Gasteiger partial charge in [0, 0.05) is 50.7 Å². The summed E-state index contributed by atoms with van der Waals surface area (Å²) in [6.07, 6.45) is 3.44. The maximum atomic E-state index is 2.47. The van der Waals surface area contributed by atoms with Gasteiger partial charge < -0.3 is 9.47 Å². The van der Waals surface area contributed by atoms with Crippen molar-refractivity contribution in [1.82, 2.24) is 4.57 Å². The van der Waals surface area contributed by atoms with Crippen molar-refractivity contribution in [2.24, 2.45) is 0 Å². The molecule has 2 nitrogen and oxygen atoms in total. The quantitative estimate of drug-likeness (QED) is 0.186. The van der Waals surface area contributed by atoms with E-state index in [0.717, 1.165) is 17.8 Å². The van der Waals surface area contributed by atoms with Crippen molar-refractivity contribution in [3.63, 3.8) is 0 Å². The van der Waals surface area contributed by atoms with Crippen molar-refractivity contribution in [1.29, 1.82) is 0 Å². The lowest BCUT2D eigenvalue weighted by atomic mass is 9.82. The summed E-state index contributed by atoms with van der Waals surface area (Å²) >= 11 is 0. The monoisotopic (exact) mass is 618 g/mol. The lowest BCUT2D eigenvalue weighted by molar-refractivity contribution is 0.660. The number of nitrogens with zero attached hydrogens (tertiary/aromatic N) is 2. The molecule has 232 valence electrons. The highest BCUT2D eigenvalue weighted by Gasteiger charge is 2.35. The number of anilines is 3. The Hall–Kier alpha value is -5.60. The number of fused-ring (bicyclic) bond motifs is 6.